The second kappa shape index (κ2) is 8.06. The van der Waals surface area contributed by atoms with Crippen LogP contribution in [0.15, 0.2) is 86.6 Å². The zero-order valence-electron chi connectivity index (χ0n) is 16.5. The predicted octanol–water partition coefficient (Wildman–Crippen LogP) is 8.12. The van der Waals surface area contributed by atoms with Gasteiger partial charge in [-0.3, -0.25) is 4.99 Å². The number of aromatic nitrogens is 1. The molecule has 0 radical (unpaired) electrons. The first-order valence-corrected chi connectivity index (χ1v) is 10.4. The zero-order valence-corrected chi connectivity index (χ0v) is 18.0. The van der Waals surface area contributed by atoms with E-state index >= 15 is 0 Å². The maximum atomic E-state index is 6.26. The molecule has 0 aliphatic heterocycles. The lowest BCUT2D eigenvalue weighted by atomic mass is 10.1. The fourth-order valence-corrected chi connectivity index (χ4v) is 3.79. The predicted molar refractivity (Wildman–Crippen MR) is 126 cm³/mol. The Balaban J connectivity index is 1.40. The molecule has 0 saturated carbocycles. The third kappa shape index (κ3) is 4.13. The van der Waals surface area contributed by atoms with Crippen molar-refractivity contribution in [2.75, 3.05) is 0 Å². The maximum Gasteiger partial charge on any atom is 0.227 e. The van der Waals surface area contributed by atoms with E-state index in [2.05, 4.69) is 9.98 Å². The molecule has 0 N–H and O–H groups in total. The molecule has 31 heavy (non-hydrogen) atoms. The summed E-state index contributed by atoms with van der Waals surface area (Å²) in [6, 6.07) is 22.7. The number of nitrogens with zero attached hydrogens (tertiary/aromatic N) is 2. The normalized spacial score (nSPS) is 11.6. The second-order valence-electron chi connectivity index (χ2n) is 7.12. The molecule has 0 saturated heterocycles. The summed E-state index contributed by atoms with van der Waals surface area (Å²) in [6.07, 6.45) is 1.66. The average molecular weight is 447 g/mol. The van der Waals surface area contributed by atoms with Crippen molar-refractivity contribution in [1.29, 1.82) is 0 Å². The molecular formula is C25H16Cl2N2O2. The molecule has 6 heteroatoms. The van der Waals surface area contributed by atoms with E-state index in [4.69, 9.17) is 32.0 Å². The van der Waals surface area contributed by atoms with Gasteiger partial charge in [-0.15, -0.1) is 0 Å². The van der Waals surface area contributed by atoms with Crippen molar-refractivity contribution >= 4 is 46.2 Å². The summed E-state index contributed by atoms with van der Waals surface area (Å²) in [7, 11) is 0. The van der Waals surface area contributed by atoms with Crippen molar-refractivity contribution in [3.05, 3.63) is 94.2 Å². The van der Waals surface area contributed by atoms with Crippen LogP contribution in [0.5, 0.6) is 0 Å². The van der Waals surface area contributed by atoms with Crippen molar-refractivity contribution in [3.8, 4) is 22.8 Å². The molecule has 2 aromatic heterocycles. The Morgan fingerprint density at radius 1 is 0.903 bits per heavy atom. The van der Waals surface area contributed by atoms with Gasteiger partial charge in [0.05, 0.1) is 16.9 Å². The van der Waals surface area contributed by atoms with E-state index in [0.717, 1.165) is 27.9 Å². The van der Waals surface area contributed by atoms with Crippen molar-refractivity contribution in [2.45, 2.75) is 6.92 Å². The average Bonchev–Trinajstić information content (AvgIpc) is 3.39. The molecule has 0 amide bonds. The Kier molecular flexibility index (Phi) is 5.10. The highest BCUT2D eigenvalue weighted by Crippen LogP contribution is 2.32. The highest BCUT2D eigenvalue weighted by atomic mass is 35.5. The topological polar surface area (TPSA) is 51.5 Å². The summed E-state index contributed by atoms with van der Waals surface area (Å²) < 4.78 is 11.8. The van der Waals surface area contributed by atoms with Crippen LogP contribution >= 0.6 is 23.2 Å². The first-order valence-electron chi connectivity index (χ1n) is 9.62. The first kappa shape index (κ1) is 19.6. The van der Waals surface area contributed by atoms with Crippen LogP contribution in [-0.2, 0) is 0 Å². The fourth-order valence-electron chi connectivity index (χ4n) is 3.29. The molecule has 3 aromatic carbocycles. The Morgan fingerprint density at radius 2 is 1.81 bits per heavy atom. The van der Waals surface area contributed by atoms with Gasteiger partial charge in [-0.25, -0.2) is 4.98 Å². The lowest BCUT2D eigenvalue weighted by Gasteiger charge is -2.00. The number of aliphatic imine (C=N–C) groups is 1. The van der Waals surface area contributed by atoms with Crippen LogP contribution in [0.2, 0.25) is 10.0 Å². The summed E-state index contributed by atoms with van der Waals surface area (Å²) in [5.74, 6) is 1.86. The van der Waals surface area contributed by atoms with Gasteiger partial charge < -0.3 is 8.83 Å². The number of rotatable bonds is 4. The van der Waals surface area contributed by atoms with Crippen molar-refractivity contribution < 1.29 is 8.83 Å². The number of oxazole rings is 1. The van der Waals surface area contributed by atoms with Crippen molar-refractivity contribution in [2.24, 2.45) is 4.99 Å². The van der Waals surface area contributed by atoms with E-state index < -0.39 is 0 Å². The van der Waals surface area contributed by atoms with Crippen LogP contribution in [0, 0.1) is 6.92 Å². The van der Waals surface area contributed by atoms with Gasteiger partial charge in [0, 0.05) is 16.1 Å². The van der Waals surface area contributed by atoms with Crippen LogP contribution < -0.4 is 0 Å². The van der Waals surface area contributed by atoms with E-state index in [0.29, 0.717) is 33.0 Å². The number of aryl methyl sites for hydroxylation is 1. The van der Waals surface area contributed by atoms with Crippen LogP contribution in [0.3, 0.4) is 0 Å². The molecular weight excluding hydrogens is 431 g/mol. The number of halogens is 2. The minimum atomic E-state index is 0.534. The van der Waals surface area contributed by atoms with Gasteiger partial charge in [-0.05, 0) is 67.6 Å². The number of furan rings is 1. The van der Waals surface area contributed by atoms with Gasteiger partial charge in [0.15, 0.2) is 5.58 Å². The standard InChI is InChI=1S/C25H16Cl2N2O2/c1-15-3-2-4-16(11-15)25-29-22-13-18(6-9-24(22)31-25)28-14-19-7-10-23(30-19)20-8-5-17(26)12-21(20)27/h2-14H,1H3. The molecule has 5 aromatic rings. The van der Waals surface area contributed by atoms with Gasteiger partial charge >= 0.3 is 0 Å². The summed E-state index contributed by atoms with van der Waals surface area (Å²) in [6.45, 7) is 2.04. The summed E-state index contributed by atoms with van der Waals surface area (Å²) in [5.41, 5.74) is 5.10. The molecule has 152 valence electrons. The fraction of sp³-hybridized carbons (Fsp3) is 0.0400. The smallest absolute Gasteiger partial charge is 0.227 e. The monoisotopic (exact) mass is 446 g/mol. The van der Waals surface area contributed by atoms with E-state index in [-0.39, 0.29) is 0 Å². The molecule has 4 nitrogen and oxygen atoms in total. The highest BCUT2D eigenvalue weighted by molar-refractivity contribution is 6.36. The van der Waals surface area contributed by atoms with Gasteiger partial charge in [0.1, 0.15) is 17.0 Å². The Hall–Kier alpha value is -3.34. The lowest BCUT2D eigenvalue weighted by molar-refractivity contribution is 0.575. The van der Waals surface area contributed by atoms with Crippen LogP contribution in [0.1, 0.15) is 11.3 Å². The summed E-state index contributed by atoms with van der Waals surface area (Å²) in [5, 5.41) is 1.11. The molecule has 2 heterocycles. The summed E-state index contributed by atoms with van der Waals surface area (Å²) >= 11 is 12.2. The van der Waals surface area contributed by atoms with E-state index in [1.807, 2.05) is 67.6 Å². The molecule has 5 rings (SSSR count). The minimum absolute atomic E-state index is 0.534. The minimum Gasteiger partial charge on any atom is -0.455 e. The molecule has 0 aliphatic rings. The van der Waals surface area contributed by atoms with Gasteiger partial charge in [0.25, 0.3) is 0 Å². The van der Waals surface area contributed by atoms with E-state index in [1.54, 1.807) is 18.3 Å². The van der Waals surface area contributed by atoms with E-state index in [1.165, 1.54) is 0 Å². The van der Waals surface area contributed by atoms with Crippen LogP contribution in [-0.4, -0.2) is 11.2 Å². The Morgan fingerprint density at radius 3 is 2.65 bits per heavy atom. The number of hydrogen-bond acceptors (Lipinski definition) is 4. The van der Waals surface area contributed by atoms with Crippen LogP contribution in [0.25, 0.3) is 33.9 Å². The third-order valence-corrected chi connectivity index (χ3v) is 5.35. The van der Waals surface area contributed by atoms with E-state index in [9.17, 15) is 0 Å². The molecule has 0 fully saturated rings. The zero-order chi connectivity index (χ0) is 21.4. The van der Waals surface area contributed by atoms with Gasteiger partial charge in [0.2, 0.25) is 5.89 Å². The lowest BCUT2D eigenvalue weighted by Crippen LogP contribution is -1.78. The van der Waals surface area contributed by atoms with Crippen LogP contribution in [0.4, 0.5) is 5.69 Å². The maximum absolute atomic E-state index is 6.26. The molecule has 0 spiro atoms. The second-order valence-corrected chi connectivity index (χ2v) is 7.97. The number of hydrogen-bond donors (Lipinski definition) is 0. The molecule has 0 atom stereocenters. The Labute approximate surface area is 188 Å². The highest BCUT2D eigenvalue weighted by Gasteiger charge is 2.10. The largest absolute Gasteiger partial charge is 0.455 e. The van der Waals surface area contributed by atoms with Crippen molar-refractivity contribution in [3.63, 3.8) is 0 Å². The SMILES string of the molecule is Cc1cccc(-c2nc3cc(N=Cc4ccc(-c5ccc(Cl)cc5Cl)o4)ccc3o2)c1. The van der Waals surface area contributed by atoms with Gasteiger partial charge in [-0.1, -0.05) is 40.9 Å². The molecule has 0 bridgehead atoms. The molecule has 0 unspecified atom stereocenters. The number of fused-ring (bicyclic) bond motifs is 1. The molecule has 0 aliphatic carbocycles. The summed E-state index contributed by atoms with van der Waals surface area (Å²) in [4.78, 5) is 9.12. The van der Waals surface area contributed by atoms with Crippen molar-refractivity contribution in [1.82, 2.24) is 4.98 Å². The van der Waals surface area contributed by atoms with Gasteiger partial charge in [-0.2, -0.15) is 0 Å². The first-order chi connectivity index (χ1) is 15.0. The third-order valence-electron chi connectivity index (χ3n) is 4.80. The quantitative estimate of drug-likeness (QED) is 0.262. The Bertz CT molecular complexity index is 1430. The number of benzene rings is 3.